The van der Waals surface area contributed by atoms with Crippen molar-refractivity contribution in [3.63, 3.8) is 0 Å². The molecule has 38 heavy (non-hydrogen) atoms. The molecule has 0 aliphatic carbocycles. The predicted molar refractivity (Wildman–Crippen MR) is 151 cm³/mol. The number of carbonyl (C=O) groups excluding carboxylic acids is 2. The van der Waals surface area contributed by atoms with E-state index < -0.39 is 5.97 Å². The number of benzene rings is 4. The van der Waals surface area contributed by atoms with Gasteiger partial charge >= 0.3 is 5.97 Å². The van der Waals surface area contributed by atoms with Crippen molar-refractivity contribution in [2.75, 3.05) is 26.7 Å². The maximum absolute atomic E-state index is 13.4. The van der Waals surface area contributed by atoms with Crippen LogP contribution in [0, 0.1) is 5.92 Å². The highest BCUT2D eigenvalue weighted by molar-refractivity contribution is 5.96. The summed E-state index contributed by atoms with van der Waals surface area (Å²) in [6.07, 6.45) is 0.917. The Bertz CT molecular complexity index is 1400. The summed E-state index contributed by atoms with van der Waals surface area (Å²) < 4.78 is 4.78. The fraction of sp³-hybridized carbons (Fsp3) is 0.273. The highest BCUT2D eigenvalue weighted by Gasteiger charge is 2.33. The summed E-state index contributed by atoms with van der Waals surface area (Å²) in [6, 6.07) is 32.5. The number of nitrogens with one attached hydrogen (secondary N) is 1. The van der Waals surface area contributed by atoms with Gasteiger partial charge in [0.15, 0.2) is 0 Å². The number of amides is 1. The molecule has 1 N–H and O–H groups in total. The van der Waals surface area contributed by atoms with Gasteiger partial charge in [-0.2, -0.15) is 0 Å². The van der Waals surface area contributed by atoms with Gasteiger partial charge in [0.25, 0.3) is 5.91 Å². The molecule has 4 aromatic rings. The summed E-state index contributed by atoms with van der Waals surface area (Å²) >= 11 is 0. The first-order valence-electron chi connectivity index (χ1n) is 13.3. The number of ether oxygens (including phenoxy) is 1. The lowest BCUT2D eigenvalue weighted by atomic mass is 9.80. The molecular formula is C33H34N2O3. The van der Waals surface area contributed by atoms with Gasteiger partial charge in [0, 0.05) is 30.6 Å². The van der Waals surface area contributed by atoms with E-state index in [1.807, 2.05) is 11.0 Å². The van der Waals surface area contributed by atoms with E-state index in [4.69, 9.17) is 4.74 Å². The number of hydrogen-bond donors (Lipinski definition) is 1. The van der Waals surface area contributed by atoms with Crippen LogP contribution in [0.25, 0.3) is 10.8 Å². The summed E-state index contributed by atoms with van der Waals surface area (Å²) in [5.41, 5.74) is 3.60. The average molecular weight is 507 g/mol. The van der Waals surface area contributed by atoms with E-state index in [2.05, 4.69) is 79.0 Å². The van der Waals surface area contributed by atoms with Crippen LogP contribution in [-0.4, -0.2) is 43.5 Å². The molecule has 194 valence electrons. The molecule has 1 aliphatic heterocycles. The van der Waals surface area contributed by atoms with Crippen LogP contribution in [0.4, 0.5) is 0 Å². The zero-order chi connectivity index (χ0) is 26.5. The number of fused-ring (bicyclic) bond motifs is 1. The lowest BCUT2D eigenvalue weighted by Gasteiger charge is -2.39. The van der Waals surface area contributed by atoms with Crippen molar-refractivity contribution in [2.24, 2.45) is 5.92 Å². The van der Waals surface area contributed by atoms with E-state index in [1.54, 1.807) is 24.3 Å². The van der Waals surface area contributed by atoms with Crippen molar-refractivity contribution in [1.29, 1.82) is 0 Å². The van der Waals surface area contributed by atoms with Crippen LogP contribution < -0.4 is 5.32 Å². The number of nitrogens with zero attached hydrogens (tertiary/aromatic N) is 1. The van der Waals surface area contributed by atoms with Gasteiger partial charge in [0.1, 0.15) is 0 Å². The molecule has 1 amide bonds. The minimum atomic E-state index is -0.404. The van der Waals surface area contributed by atoms with Gasteiger partial charge in [0.2, 0.25) is 0 Å². The molecule has 5 rings (SSSR count). The summed E-state index contributed by atoms with van der Waals surface area (Å²) in [5.74, 6) is 0.230. The first-order valence-corrected chi connectivity index (χ1v) is 13.3. The molecule has 0 spiro atoms. The van der Waals surface area contributed by atoms with Crippen LogP contribution in [-0.2, 0) is 4.74 Å². The second-order valence-corrected chi connectivity index (χ2v) is 10.1. The molecule has 1 heterocycles. The first kappa shape index (κ1) is 25.7. The van der Waals surface area contributed by atoms with Gasteiger partial charge in [-0.3, -0.25) is 4.79 Å². The third-order valence-electron chi connectivity index (χ3n) is 7.80. The van der Waals surface area contributed by atoms with Crippen molar-refractivity contribution in [1.82, 2.24) is 10.2 Å². The van der Waals surface area contributed by atoms with Gasteiger partial charge in [-0.25, -0.2) is 4.79 Å². The molecule has 0 aromatic heterocycles. The van der Waals surface area contributed by atoms with Crippen LogP contribution in [0.15, 0.2) is 97.1 Å². The van der Waals surface area contributed by atoms with E-state index >= 15 is 0 Å². The smallest absolute Gasteiger partial charge is 0.337 e. The Labute approximate surface area is 224 Å². The van der Waals surface area contributed by atoms with Gasteiger partial charge in [-0.05, 0) is 72.0 Å². The number of hydrogen-bond acceptors (Lipinski definition) is 4. The molecule has 2 unspecified atom stereocenters. The maximum Gasteiger partial charge on any atom is 0.337 e. The number of likely N-dealkylation sites (tertiary alicyclic amines) is 1. The van der Waals surface area contributed by atoms with E-state index in [0.29, 0.717) is 30.1 Å². The maximum atomic E-state index is 13.4. The Balaban J connectivity index is 1.31. The largest absolute Gasteiger partial charge is 0.465 e. The van der Waals surface area contributed by atoms with Crippen molar-refractivity contribution in [3.05, 3.63) is 119 Å². The molecular weight excluding hydrogens is 472 g/mol. The van der Waals surface area contributed by atoms with Crippen LogP contribution in [0.3, 0.4) is 0 Å². The van der Waals surface area contributed by atoms with Crippen LogP contribution in [0.2, 0.25) is 0 Å². The van der Waals surface area contributed by atoms with Crippen LogP contribution >= 0.6 is 0 Å². The van der Waals surface area contributed by atoms with E-state index in [1.165, 1.54) is 29.0 Å². The van der Waals surface area contributed by atoms with E-state index in [9.17, 15) is 9.59 Å². The molecule has 1 aliphatic rings. The number of piperidine rings is 1. The Hall–Kier alpha value is -3.96. The lowest BCUT2D eigenvalue weighted by Crippen LogP contribution is -2.45. The minimum absolute atomic E-state index is 0.00196. The van der Waals surface area contributed by atoms with Gasteiger partial charge < -0.3 is 15.0 Å². The van der Waals surface area contributed by atoms with Gasteiger partial charge in [-0.1, -0.05) is 72.8 Å². The zero-order valence-electron chi connectivity index (χ0n) is 22.0. The highest BCUT2D eigenvalue weighted by Crippen LogP contribution is 2.34. The molecule has 0 bridgehead atoms. The molecule has 4 aromatic carbocycles. The number of carbonyl (C=O) groups is 2. The molecule has 0 radical (unpaired) electrons. The van der Waals surface area contributed by atoms with Crippen molar-refractivity contribution in [3.8, 4) is 0 Å². The number of esters is 1. The van der Waals surface area contributed by atoms with E-state index in [0.717, 1.165) is 13.0 Å². The summed E-state index contributed by atoms with van der Waals surface area (Å²) in [5, 5.41) is 6.35. The molecule has 5 nitrogen and oxygen atoms in total. The summed E-state index contributed by atoms with van der Waals surface area (Å²) in [7, 11) is 1.35. The topological polar surface area (TPSA) is 58.6 Å². The quantitative estimate of drug-likeness (QED) is 0.302. The van der Waals surface area contributed by atoms with Crippen molar-refractivity contribution < 1.29 is 14.3 Å². The first-order chi connectivity index (χ1) is 18.5. The van der Waals surface area contributed by atoms with Crippen molar-refractivity contribution in [2.45, 2.75) is 25.3 Å². The SMILES string of the molecule is COC(=O)c1ccc(C(=O)N2CCC(CN[C@H](C)c3cccc4ccccc34)C(c3ccccc3)C2)cc1. The predicted octanol–water partition coefficient (Wildman–Crippen LogP) is 6.22. The fourth-order valence-corrected chi connectivity index (χ4v) is 5.62. The zero-order valence-corrected chi connectivity index (χ0v) is 22.0. The fourth-order valence-electron chi connectivity index (χ4n) is 5.62. The Morgan fingerprint density at radius 3 is 2.34 bits per heavy atom. The molecule has 0 saturated carbocycles. The monoisotopic (exact) mass is 506 g/mol. The molecule has 1 fully saturated rings. The number of rotatable bonds is 7. The average Bonchev–Trinajstić information content (AvgIpc) is 2.99. The molecule has 5 heteroatoms. The number of methoxy groups -OCH3 is 1. The normalized spacial score (nSPS) is 18.2. The van der Waals surface area contributed by atoms with Crippen molar-refractivity contribution >= 4 is 22.6 Å². The second kappa shape index (κ2) is 11.6. The Morgan fingerprint density at radius 1 is 0.895 bits per heavy atom. The van der Waals surface area contributed by atoms with Gasteiger partial charge in [-0.15, -0.1) is 0 Å². The third-order valence-corrected chi connectivity index (χ3v) is 7.80. The summed E-state index contributed by atoms with van der Waals surface area (Å²) in [4.78, 5) is 27.1. The van der Waals surface area contributed by atoms with E-state index in [-0.39, 0.29) is 17.9 Å². The van der Waals surface area contributed by atoms with Crippen LogP contribution in [0.5, 0.6) is 0 Å². The summed E-state index contributed by atoms with van der Waals surface area (Å²) in [6.45, 7) is 4.47. The highest BCUT2D eigenvalue weighted by atomic mass is 16.5. The molecule has 1 saturated heterocycles. The third kappa shape index (κ3) is 5.48. The second-order valence-electron chi connectivity index (χ2n) is 10.1. The lowest BCUT2D eigenvalue weighted by molar-refractivity contribution is 0.0598. The Kier molecular flexibility index (Phi) is 7.85. The Morgan fingerprint density at radius 2 is 1.58 bits per heavy atom. The van der Waals surface area contributed by atoms with Crippen LogP contribution in [0.1, 0.15) is 57.1 Å². The standard InChI is InChI=1S/C33H34N2O3/c1-23(29-14-8-12-24-11-6-7-13-30(24)29)34-21-28-19-20-35(22-31(28)25-9-4-3-5-10-25)32(36)26-15-17-27(18-16-26)33(37)38-2/h3-18,23,28,31,34H,19-22H2,1-2H3/t23-,28?,31?/m1/s1. The minimum Gasteiger partial charge on any atom is -0.465 e. The molecule has 3 atom stereocenters. The van der Waals surface area contributed by atoms with Gasteiger partial charge in [0.05, 0.1) is 12.7 Å².